The first-order valence-corrected chi connectivity index (χ1v) is 3.80. The van der Waals surface area contributed by atoms with Crippen LogP contribution in [0, 0.1) is 0 Å². The lowest BCUT2D eigenvalue weighted by atomic mass is 10.6. The molecule has 0 saturated carbocycles. The van der Waals surface area contributed by atoms with Crippen molar-refractivity contribution in [1.29, 1.82) is 0 Å². The molecule has 0 unspecified atom stereocenters. The van der Waals surface area contributed by atoms with Gasteiger partial charge >= 0.3 is 0 Å². The van der Waals surface area contributed by atoms with E-state index in [1.165, 1.54) is 0 Å². The average Bonchev–Trinajstić information content (AvgIpc) is 1.95. The van der Waals surface area contributed by atoms with Gasteiger partial charge in [0.1, 0.15) is 0 Å². The Morgan fingerprint density at radius 1 is 0.750 bits per heavy atom. The van der Waals surface area contributed by atoms with Crippen LogP contribution < -0.4 is 22.9 Å². The molecule has 74 valence electrons. The Bertz CT molecular complexity index is 87.5. The predicted molar refractivity (Wildman–Crippen MR) is 46.0 cm³/mol. The van der Waals surface area contributed by atoms with Crippen molar-refractivity contribution in [3.05, 3.63) is 0 Å². The molecule has 0 aliphatic heterocycles. The Labute approximate surface area is 72.2 Å². The fourth-order valence-electron chi connectivity index (χ4n) is 0.557. The van der Waals surface area contributed by atoms with E-state index in [0.717, 1.165) is 0 Å². The van der Waals surface area contributed by atoms with E-state index in [1.54, 1.807) is 0 Å². The van der Waals surface area contributed by atoms with Crippen LogP contribution in [0.4, 0.5) is 0 Å². The number of ether oxygens (including phenoxy) is 2. The highest BCUT2D eigenvalue weighted by atomic mass is 16.5. The van der Waals surface area contributed by atoms with Gasteiger partial charge in [-0.25, -0.2) is 0 Å². The lowest BCUT2D eigenvalue weighted by Gasteiger charge is -2.08. The molecule has 0 aromatic heterocycles. The topological polar surface area (TPSA) is 123 Å². The maximum atomic E-state index is 5.23. The highest BCUT2D eigenvalue weighted by Gasteiger charge is 1.95. The molecule has 0 spiro atoms. The number of rotatable bonds is 7. The van der Waals surface area contributed by atoms with Crippen molar-refractivity contribution in [3.63, 3.8) is 0 Å². The van der Waals surface area contributed by atoms with Crippen molar-refractivity contribution in [3.8, 4) is 0 Å². The maximum absolute atomic E-state index is 5.23. The summed E-state index contributed by atoms with van der Waals surface area (Å²) in [4.78, 5) is 0. The quantitative estimate of drug-likeness (QED) is 0.252. The molecule has 0 fully saturated rings. The van der Waals surface area contributed by atoms with Crippen LogP contribution in [-0.4, -0.2) is 38.8 Å². The highest BCUT2D eigenvalue weighted by Crippen LogP contribution is 1.79. The van der Waals surface area contributed by atoms with Gasteiger partial charge in [0.15, 0.2) is 0 Å². The largest absolute Gasteiger partial charge is 0.376 e. The van der Waals surface area contributed by atoms with E-state index in [4.69, 9.17) is 32.4 Å². The Kier molecular flexibility index (Phi) is 7.26. The summed E-state index contributed by atoms with van der Waals surface area (Å²) in [5, 5.41) is 0. The first-order valence-electron chi connectivity index (χ1n) is 3.80. The second-order valence-corrected chi connectivity index (χ2v) is 2.48. The molecule has 0 aromatic carbocycles. The molecule has 0 rings (SSSR count). The minimum absolute atomic E-state index is 0.331. The molecule has 12 heavy (non-hydrogen) atoms. The molecule has 0 bridgehead atoms. The standard InChI is InChI=1S/C6H18N4O2/c7-5(8)3-11-1-2-12-4-6(9)10/h5-6H,1-4,7-10H2. The van der Waals surface area contributed by atoms with Crippen molar-refractivity contribution in [2.75, 3.05) is 26.4 Å². The van der Waals surface area contributed by atoms with E-state index < -0.39 is 12.3 Å². The van der Waals surface area contributed by atoms with E-state index in [0.29, 0.717) is 26.4 Å². The molecule has 0 atom stereocenters. The van der Waals surface area contributed by atoms with Gasteiger partial charge in [0.25, 0.3) is 0 Å². The summed E-state index contributed by atoms with van der Waals surface area (Å²) in [6.07, 6.45) is -0.858. The molecule has 0 radical (unpaired) electrons. The summed E-state index contributed by atoms with van der Waals surface area (Å²) < 4.78 is 10.0. The fraction of sp³-hybridized carbons (Fsp3) is 1.00. The molecule has 0 saturated heterocycles. The van der Waals surface area contributed by atoms with E-state index >= 15 is 0 Å². The minimum atomic E-state index is -0.429. The van der Waals surface area contributed by atoms with Crippen molar-refractivity contribution in [2.45, 2.75) is 12.3 Å². The summed E-state index contributed by atoms with van der Waals surface area (Å²) in [5.41, 5.74) is 20.9. The van der Waals surface area contributed by atoms with Crippen LogP contribution in [0.25, 0.3) is 0 Å². The SMILES string of the molecule is NC(N)COCCOCC(N)N. The molecule has 0 amide bonds. The summed E-state index contributed by atoms with van der Waals surface area (Å²) in [7, 11) is 0. The van der Waals surface area contributed by atoms with Crippen LogP contribution >= 0.6 is 0 Å². The number of hydrogen-bond acceptors (Lipinski definition) is 6. The first kappa shape index (κ1) is 11.8. The maximum Gasteiger partial charge on any atom is 0.0762 e. The number of nitrogens with two attached hydrogens (primary N) is 4. The summed E-state index contributed by atoms with van der Waals surface area (Å²) in [6.45, 7) is 1.57. The summed E-state index contributed by atoms with van der Waals surface area (Å²) in [6, 6.07) is 0. The fourth-order valence-corrected chi connectivity index (χ4v) is 0.557. The lowest BCUT2D eigenvalue weighted by molar-refractivity contribution is 0.0389. The van der Waals surface area contributed by atoms with Gasteiger partial charge < -0.3 is 32.4 Å². The van der Waals surface area contributed by atoms with Crippen LogP contribution in [0.5, 0.6) is 0 Å². The Hall–Kier alpha value is -0.240. The second-order valence-electron chi connectivity index (χ2n) is 2.48. The molecule has 0 heterocycles. The molecular formula is C6H18N4O2. The third-order valence-electron chi connectivity index (χ3n) is 0.993. The predicted octanol–water partition coefficient (Wildman–Crippen LogP) is -2.49. The molecule has 0 aliphatic rings. The van der Waals surface area contributed by atoms with Crippen molar-refractivity contribution < 1.29 is 9.47 Å². The van der Waals surface area contributed by atoms with E-state index in [-0.39, 0.29) is 0 Å². The van der Waals surface area contributed by atoms with Crippen molar-refractivity contribution >= 4 is 0 Å². The Morgan fingerprint density at radius 3 is 1.33 bits per heavy atom. The zero-order valence-corrected chi connectivity index (χ0v) is 7.11. The van der Waals surface area contributed by atoms with Crippen molar-refractivity contribution in [1.82, 2.24) is 0 Å². The van der Waals surface area contributed by atoms with Gasteiger partial charge in [-0.2, -0.15) is 0 Å². The van der Waals surface area contributed by atoms with Gasteiger partial charge in [-0.1, -0.05) is 0 Å². The van der Waals surface area contributed by atoms with Crippen LogP contribution in [0.3, 0.4) is 0 Å². The highest BCUT2D eigenvalue weighted by molar-refractivity contribution is 4.47. The van der Waals surface area contributed by atoms with Crippen LogP contribution in [-0.2, 0) is 9.47 Å². The van der Waals surface area contributed by atoms with E-state index in [1.807, 2.05) is 0 Å². The Morgan fingerprint density at radius 2 is 1.08 bits per heavy atom. The zero-order valence-electron chi connectivity index (χ0n) is 7.11. The number of hydrogen-bond donors (Lipinski definition) is 4. The third-order valence-corrected chi connectivity index (χ3v) is 0.993. The van der Waals surface area contributed by atoms with Gasteiger partial charge in [-0.15, -0.1) is 0 Å². The molecule has 0 aliphatic carbocycles. The average molecular weight is 178 g/mol. The van der Waals surface area contributed by atoms with Gasteiger partial charge in [-0.3, -0.25) is 0 Å². The summed E-state index contributed by atoms with van der Waals surface area (Å²) in [5.74, 6) is 0. The molecule has 6 nitrogen and oxygen atoms in total. The molecule has 0 aromatic rings. The first-order chi connectivity index (χ1) is 5.63. The van der Waals surface area contributed by atoms with E-state index in [9.17, 15) is 0 Å². The smallest absolute Gasteiger partial charge is 0.0762 e. The summed E-state index contributed by atoms with van der Waals surface area (Å²) >= 11 is 0. The van der Waals surface area contributed by atoms with Crippen molar-refractivity contribution in [2.24, 2.45) is 22.9 Å². The van der Waals surface area contributed by atoms with Crippen LogP contribution in [0.15, 0.2) is 0 Å². The lowest BCUT2D eigenvalue weighted by Crippen LogP contribution is -2.37. The molecular weight excluding hydrogens is 160 g/mol. The monoisotopic (exact) mass is 178 g/mol. The minimum Gasteiger partial charge on any atom is -0.376 e. The van der Waals surface area contributed by atoms with Gasteiger partial charge in [0.2, 0.25) is 0 Å². The van der Waals surface area contributed by atoms with Crippen LogP contribution in [0.1, 0.15) is 0 Å². The third kappa shape index (κ3) is 9.76. The second kappa shape index (κ2) is 7.41. The van der Waals surface area contributed by atoms with Gasteiger partial charge in [-0.05, 0) is 0 Å². The molecule has 8 N–H and O–H groups in total. The molecule has 6 heteroatoms. The zero-order chi connectivity index (χ0) is 9.40. The van der Waals surface area contributed by atoms with E-state index in [2.05, 4.69) is 0 Å². The van der Waals surface area contributed by atoms with Gasteiger partial charge in [0, 0.05) is 0 Å². The van der Waals surface area contributed by atoms with Crippen LogP contribution in [0.2, 0.25) is 0 Å². The normalized spacial score (nSPS) is 11.5. The van der Waals surface area contributed by atoms with Gasteiger partial charge in [0.05, 0.1) is 38.8 Å². The Balaban J connectivity index is 2.91.